The molecule has 4 heterocycles. The second-order valence-corrected chi connectivity index (χ2v) is 20.5. The summed E-state index contributed by atoms with van der Waals surface area (Å²) < 4.78 is 28.8. The molecule has 0 aromatic heterocycles. The minimum absolute atomic E-state index is 0.154. The molecular weight excluding hydrogens is 1000 g/mol. The van der Waals surface area contributed by atoms with Gasteiger partial charge in [0.1, 0.15) is 36.6 Å². The van der Waals surface area contributed by atoms with E-state index in [0.29, 0.717) is 0 Å². The fraction of sp³-hybridized carbons (Fsp3) is 0.698. The average Bonchev–Trinajstić information content (AvgIpc) is 3.35. The quantitative estimate of drug-likeness (QED) is 0.127. The van der Waals surface area contributed by atoms with Crippen molar-refractivity contribution in [2.45, 2.75) is 207 Å². The first-order chi connectivity index (χ1) is 35.9. The van der Waals surface area contributed by atoms with Gasteiger partial charge in [0.2, 0.25) is 5.91 Å². The van der Waals surface area contributed by atoms with Crippen LogP contribution >= 0.6 is 0 Å². The number of ether oxygens (including phenoxy) is 5. The van der Waals surface area contributed by atoms with Crippen molar-refractivity contribution in [3.05, 3.63) is 85.1 Å². The van der Waals surface area contributed by atoms with Crippen LogP contribution in [-0.2, 0) is 33.3 Å². The van der Waals surface area contributed by atoms with Crippen LogP contribution in [0.3, 0.4) is 0 Å². The summed E-state index contributed by atoms with van der Waals surface area (Å²) in [5, 5.41) is 154. The molecule has 23 heteroatoms. The SMILES string of the molecule is C[C@@H]1[C@H](O)[C@@H](C)/C=C/C=C/C=C/C=C/C=C/C=C/C=C/[C@H](OC2O[C@H](C)[C@@H](O)[C@H](N)[C@@H]2O)CC2O[C@](O)(C[C@@H](O)C[C@@H](O)[C@H](O)CC[C@@H](O)C[C@@H](O)CC(=O)O[C@H]1C)C[C@H](O)C2C(=O)N[C@@H]1C(O)O[C@H](CO)[C@@H](O)[C@@H]1O. The Bertz CT molecular complexity index is 1990. The van der Waals surface area contributed by atoms with Crippen LogP contribution < -0.4 is 11.1 Å². The van der Waals surface area contributed by atoms with Gasteiger partial charge in [0, 0.05) is 37.5 Å². The van der Waals surface area contributed by atoms with Gasteiger partial charge in [-0.2, -0.15) is 0 Å². The third-order valence-corrected chi connectivity index (χ3v) is 14.2. The maximum absolute atomic E-state index is 14.2. The van der Waals surface area contributed by atoms with Crippen molar-refractivity contribution >= 4 is 11.9 Å². The number of esters is 1. The molecule has 0 aliphatic carbocycles. The molecule has 1 amide bonds. The van der Waals surface area contributed by atoms with Gasteiger partial charge in [-0.15, -0.1) is 0 Å². The number of nitrogens with two attached hydrogens (primary N) is 1. The second kappa shape index (κ2) is 31.2. The van der Waals surface area contributed by atoms with E-state index in [-0.39, 0.29) is 25.2 Å². The Kier molecular flexibility index (Phi) is 26.7. The van der Waals surface area contributed by atoms with E-state index in [9.17, 15) is 81.1 Å². The zero-order chi connectivity index (χ0) is 56.4. The van der Waals surface area contributed by atoms with E-state index in [0.717, 1.165) is 0 Å². The topological polar surface area (TPSA) is 402 Å². The van der Waals surface area contributed by atoms with Gasteiger partial charge in [0.15, 0.2) is 18.4 Å². The Hall–Kier alpha value is -3.64. The van der Waals surface area contributed by atoms with Crippen molar-refractivity contribution < 1.29 is 105 Å². The number of hydrogen-bond donors (Lipinski definition) is 16. The summed E-state index contributed by atoms with van der Waals surface area (Å²) in [5.41, 5.74) is 6.10. The van der Waals surface area contributed by atoms with Crippen LogP contribution in [0.4, 0.5) is 0 Å². The number of nitrogens with one attached hydrogen (secondary N) is 1. The molecule has 432 valence electrons. The first-order valence-electron chi connectivity index (χ1n) is 25.9. The lowest BCUT2D eigenvalue weighted by Crippen LogP contribution is -2.66. The first-order valence-corrected chi connectivity index (χ1v) is 25.9. The molecule has 4 unspecified atom stereocenters. The van der Waals surface area contributed by atoms with Gasteiger partial charge in [-0.3, -0.25) is 9.59 Å². The standard InChI is InChI=1S/C53H84N2O21/c1-28-17-15-13-11-9-7-5-6-8-10-12-14-16-18-35(74-52-48(67)43(54)46(65)31(4)73-52)24-39-42(50(69)55-44-49(68)47(66)40(27-56)75-51(44)70)38(62)26-53(71,76-39)25-34(59)22-37(61)36(60)20-19-32(57)21-33(58)23-41(63)72-30(3)29(2)45(28)64/h5-18,28-40,42-49,51-52,56-62,64-68,70-71H,19-27,54H2,1-4H3,(H,55,69)/b6-5+,9-7+,10-8+,13-11+,14-12+,17-15+,18-16+/t28-,29-,30-,31+,32+,33+,34-,35-,36+,37+,38-,39?,40+,42?,43-,44-,45+,46+,47+,48-,49+,51?,52?,53+/m0/s1. The number of carbonyl (C=O) groups excluding carboxylic acids is 2. The van der Waals surface area contributed by atoms with Crippen LogP contribution in [0.1, 0.15) is 79.1 Å². The number of aliphatic hydroxyl groups excluding tert-OH is 13. The molecule has 0 spiro atoms. The summed E-state index contributed by atoms with van der Waals surface area (Å²) in [5.74, 6) is -6.76. The first kappa shape index (κ1) is 64.9. The van der Waals surface area contributed by atoms with Crippen LogP contribution in [-0.4, -0.2) is 218 Å². The van der Waals surface area contributed by atoms with E-state index in [1.165, 1.54) is 13.0 Å². The molecule has 4 aliphatic heterocycles. The maximum Gasteiger partial charge on any atom is 0.308 e. The largest absolute Gasteiger partial charge is 0.462 e. The third kappa shape index (κ3) is 19.6. The Morgan fingerprint density at radius 2 is 1.25 bits per heavy atom. The molecule has 17 N–H and O–H groups in total. The maximum atomic E-state index is 14.2. The van der Waals surface area contributed by atoms with Crippen molar-refractivity contribution in [1.82, 2.24) is 5.32 Å². The summed E-state index contributed by atoms with van der Waals surface area (Å²) in [6, 6.07) is -2.93. The summed E-state index contributed by atoms with van der Waals surface area (Å²) in [6.45, 7) is 5.88. The zero-order valence-corrected chi connectivity index (χ0v) is 43.4. The Balaban J connectivity index is 1.65. The molecule has 0 radical (unpaired) electrons. The molecule has 0 saturated carbocycles. The highest BCUT2D eigenvalue weighted by atomic mass is 16.7. The van der Waals surface area contributed by atoms with E-state index in [4.69, 9.17) is 29.4 Å². The van der Waals surface area contributed by atoms with E-state index in [1.807, 2.05) is 6.92 Å². The Labute approximate surface area is 443 Å². The van der Waals surface area contributed by atoms with Gasteiger partial charge in [-0.05, 0) is 33.1 Å². The fourth-order valence-corrected chi connectivity index (χ4v) is 9.50. The number of carbonyl (C=O) groups is 2. The van der Waals surface area contributed by atoms with Crippen LogP contribution in [0.25, 0.3) is 0 Å². The molecule has 3 saturated heterocycles. The highest BCUT2D eigenvalue weighted by Gasteiger charge is 2.53. The zero-order valence-electron chi connectivity index (χ0n) is 43.4. The molecule has 24 atom stereocenters. The van der Waals surface area contributed by atoms with Gasteiger partial charge in [-0.25, -0.2) is 0 Å². The number of aliphatic hydroxyl groups is 14. The smallest absolute Gasteiger partial charge is 0.308 e. The molecule has 4 rings (SSSR count). The number of cyclic esters (lactones) is 1. The van der Waals surface area contributed by atoms with Crippen molar-refractivity contribution in [2.75, 3.05) is 6.61 Å². The molecule has 23 nitrogen and oxygen atoms in total. The molecule has 0 aromatic rings. The molecule has 3 fully saturated rings. The highest BCUT2D eigenvalue weighted by molar-refractivity contribution is 5.80. The Morgan fingerprint density at radius 3 is 1.86 bits per heavy atom. The molecule has 76 heavy (non-hydrogen) atoms. The number of amides is 1. The minimum Gasteiger partial charge on any atom is -0.462 e. The monoisotopic (exact) mass is 1080 g/mol. The molecule has 2 bridgehead atoms. The number of allylic oxidation sites excluding steroid dienone is 12. The third-order valence-electron chi connectivity index (χ3n) is 14.2. The van der Waals surface area contributed by atoms with Crippen LogP contribution in [0.15, 0.2) is 85.1 Å². The summed E-state index contributed by atoms with van der Waals surface area (Å²) in [6.07, 6.45) is -5.57. The van der Waals surface area contributed by atoms with Gasteiger partial charge < -0.3 is 106 Å². The van der Waals surface area contributed by atoms with Gasteiger partial charge in [0.05, 0.1) is 92.1 Å². The van der Waals surface area contributed by atoms with Gasteiger partial charge >= 0.3 is 5.97 Å². The summed E-state index contributed by atoms with van der Waals surface area (Å²) in [7, 11) is 0. The van der Waals surface area contributed by atoms with E-state index >= 15 is 0 Å². The van der Waals surface area contributed by atoms with Crippen molar-refractivity contribution in [3.8, 4) is 0 Å². The summed E-state index contributed by atoms with van der Waals surface area (Å²) in [4.78, 5) is 26.9. The van der Waals surface area contributed by atoms with Gasteiger partial charge in [0.25, 0.3) is 0 Å². The number of fused-ring (bicyclic) bond motifs is 2. The molecular formula is C53H84N2O21. The number of hydrogen-bond acceptors (Lipinski definition) is 22. The predicted octanol–water partition coefficient (Wildman–Crippen LogP) is -2.46. The molecule has 4 aliphatic rings. The van der Waals surface area contributed by atoms with Crippen molar-refractivity contribution in [1.29, 1.82) is 0 Å². The summed E-state index contributed by atoms with van der Waals surface area (Å²) >= 11 is 0. The van der Waals surface area contributed by atoms with Gasteiger partial charge in [-0.1, -0.05) is 98.9 Å². The van der Waals surface area contributed by atoms with Crippen molar-refractivity contribution in [3.63, 3.8) is 0 Å². The predicted molar refractivity (Wildman–Crippen MR) is 271 cm³/mol. The lowest BCUT2D eigenvalue weighted by Gasteiger charge is -2.47. The fourth-order valence-electron chi connectivity index (χ4n) is 9.50. The van der Waals surface area contributed by atoms with E-state index < -0.39 is 191 Å². The second-order valence-electron chi connectivity index (χ2n) is 20.5. The molecule has 0 aromatic carbocycles. The number of rotatable bonds is 5. The normalized spacial score (nSPS) is 46.7. The minimum atomic E-state index is -2.46. The van der Waals surface area contributed by atoms with Crippen molar-refractivity contribution in [2.24, 2.45) is 23.5 Å². The van der Waals surface area contributed by atoms with Crippen LogP contribution in [0.5, 0.6) is 0 Å². The lowest BCUT2D eigenvalue weighted by molar-refractivity contribution is -0.307. The van der Waals surface area contributed by atoms with E-state index in [1.54, 1.807) is 92.8 Å². The highest BCUT2D eigenvalue weighted by Crippen LogP contribution is 2.39. The lowest BCUT2D eigenvalue weighted by atomic mass is 9.81. The average molecular weight is 1090 g/mol. The Morgan fingerprint density at radius 1 is 0.658 bits per heavy atom. The van der Waals surface area contributed by atoms with Crippen LogP contribution in [0, 0.1) is 17.8 Å². The van der Waals surface area contributed by atoms with E-state index in [2.05, 4.69) is 5.32 Å². The van der Waals surface area contributed by atoms with Crippen LogP contribution in [0.2, 0.25) is 0 Å².